The Morgan fingerprint density at radius 3 is 2.18 bits per heavy atom. The predicted octanol–water partition coefficient (Wildman–Crippen LogP) is 2.21. The van der Waals surface area contributed by atoms with E-state index >= 15 is 0 Å². The number of nitrogens with zero attached hydrogens (tertiary/aromatic N) is 3. The topological polar surface area (TPSA) is 41.0 Å². The van der Waals surface area contributed by atoms with Crippen molar-refractivity contribution < 1.29 is 0 Å². The number of nitrogens with one attached hydrogen (secondary N) is 1. The van der Waals surface area contributed by atoms with Crippen molar-refractivity contribution >= 4 is 5.82 Å². The summed E-state index contributed by atoms with van der Waals surface area (Å²) in [5.74, 6) is 0.953. The van der Waals surface area contributed by atoms with Crippen LogP contribution in [-0.4, -0.2) is 28.8 Å². The molecule has 17 heavy (non-hydrogen) atoms. The second-order valence-electron chi connectivity index (χ2n) is 5.16. The average Bonchev–Trinajstić information content (AvgIpc) is 2.29. The third-order valence-electron chi connectivity index (χ3n) is 2.59. The highest BCUT2D eigenvalue weighted by molar-refractivity contribution is 5.36. The first kappa shape index (κ1) is 13.9. The first-order chi connectivity index (χ1) is 7.96. The average molecular weight is 236 g/mol. The molecule has 0 atom stereocenters. The van der Waals surface area contributed by atoms with Crippen molar-refractivity contribution in [1.29, 1.82) is 0 Å². The zero-order valence-corrected chi connectivity index (χ0v) is 11.6. The highest BCUT2D eigenvalue weighted by atomic mass is 15.3. The Kier molecular flexibility index (Phi) is 4.87. The molecule has 0 unspecified atom stereocenters. The van der Waals surface area contributed by atoms with E-state index < -0.39 is 0 Å². The van der Waals surface area contributed by atoms with E-state index in [0.717, 1.165) is 31.1 Å². The fraction of sp³-hybridized carbons (Fsp3) is 0.692. The van der Waals surface area contributed by atoms with Gasteiger partial charge < -0.3 is 10.2 Å². The summed E-state index contributed by atoms with van der Waals surface area (Å²) in [4.78, 5) is 2.19. The van der Waals surface area contributed by atoms with Crippen molar-refractivity contribution in [1.82, 2.24) is 15.5 Å². The minimum absolute atomic E-state index is 0.110. The maximum Gasteiger partial charge on any atom is 0.151 e. The van der Waals surface area contributed by atoms with Gasteiger partial charge in [-0.05, 0) is 46.8 Å². The second kappa shape index (κ2) is 5.96. The van der Waals surface area contributed by atoms with Crippen molar-refractivity contribution in [3.05, 3.63) is 17.8 Å². The fourth-order valence-electron chi connectivity index (χ4n) is 1.52. The fourth-order valence-corrected chi connectivity index (χ4v) is 1.52. The van der Waals surface area contributed by atoms with Crippen LogP contribution in [-0.2, 0) is 6.54 Å². The third-order valence-corrected chi connectivity index (χ3v) is 2.59. The molecule has 0 saturated carbocycles. The third kappa shape index (κ3) is 4.69. The molecule has 4 nitrogen and oxygen atoms in total. The zero-order valence-electron chi connectivity index (χ0n) is 11.6. The molecule has 1 heterocycles. The standard InChI is InChI=1S/C13H24N4/c1-6-17(7-2)12-9-8-11(15-16-12)10-14-13(3,4)5/h8-9,14H,6-7,10H2,1-5H3. The van der Waals surface area contributed by atoms with Crippen LogP contribution < -0.4 is 10.2 Å². The van der Waals surface area contributed by atoms with Crippen LogP contribution in [0.4, 0.5) is 5.82 Å². The summed E-state index contributed by atoms with van der Waals surface area (Å²) in [6, 6.07) is 4.08. The molecule has 1 N–H and O–H groups in total. The normalized spacial score (nSPS) is 11.6. The molecular weight excluding hydrogens is 212 g/mol. The molecule has 1 rings (SSSR count). The van der Waals surface area contributed by atoms with Crippen molar-refractivity contribution in [2.45, 2.75) is 46.7 Å². The molecular formula is C13H24N4. The van der Waals surface area contributed by atoms with Crippen LogP contribution >= 0.6 is 0 Å². The number of aromatic nitrogens is 2. The first-order valence-corrected chi connectivity index (χ1v) is 6.29. The molecule has 0 spiro atoms. The van der Waals surface area contributed by atoms with Crippen LogP contribution in [0.2, 0.25) is 0 Å². The molecule has 0 radical (unpaired) electrons. The minimum atomic E-state index is 0.110. The quantitative estimate of drug-likeness (QED) is 0.851. The Labute approximate surface area is 104 Å². The summed E-state index contributed by atoms with van der Waals surface area (Å²) in [7, 11) is 0. The van der Waals surface area contributed by atoms with E-state index in [4.69, 9.17) is 0 Å². The smallest absolute Gasteiger partial charge is 0.151 e. The highest BCUT2D eigenvalue weighted by Crippen LogP contribution is 2.09. The van der Waals surface area contributed by atoms with Gasteiger partial charge in [0.25, 0.3) is 0 Å². The Balaban J connectivity index is 2.62. The van der Waals surface area contributed by atoms with Gasteiger partial charge in [-0.2, -0.15) is 5.10 Å². The van der Waals surface area contributed by atoms with Crippen LogP contribution in [0.5, 0.6) is 0 Å². The molecule has 0 saturated heterocycles. The van der Waals surface area contributed by atoms with E-state index in [1.165, 1.54) is 0 Å². The van der Waals surface area contributed by atoms with E-state index in [9.17, 15) is 0 Å². The molecule has 0 aliphatic carbocycles. The Morgan fingerprint density at radius 2 is 1.76 bits per heavy atom. The van der Waals surface area contributed by atoms with Gasteiger partial charge in [-0.15, -0.1) is 5.10 Å². The van der Waals surface area contributed by atoms with Gasteiger partial charge in [-0.1, -0.05) is 0 Å². The molecule has 0 aliphatic rings. The molecule has 0 amide bonds. The maximum absolute atomic E-state index is 4.26. The number of anilines is 1. The lowest BCUT2D eigenvalue weighted by molar-refractivity contribution is 0.420. The summed E-state index contributed by atoms with van der Waals surface area (Å²) in [5.41, 5.74) is 1.09. The van der Waals surface area contributed by atoms with Crippen LogP contribution in [0, 0.1) is 0 Å². The molecule has 0 aliphatic heterocycles. The number of rotatable bonds is 5. The zero-order chi connectivity index (χ0) is 12.9. The maximum atomic E-state index is 4.26. The SMILES string of the molecule is CCN(CC)c1ccc(CNC(C)(C)C)nn1. The molecule has 1 aromatic heterocycles. The lowest BCUT2D eigenvalue weighted by atomic mass is 10.1. The highest BCUT2D eigenvalue weighted by Gasteiger charge is 2.09. The van der Waals surface area contributed by atoms with Gasteiger partial charge in [0.15, 0.2) is 5.82 Å². The van der Waals surface area contributed by atoms with Crippen LogP contribution in [0.3, 0.4) is 0 Å². The Bertz CT molecular complexity index is 322. The molecule has 96 valence electrons. The van der Waals surface area contributed by atoms with E-state index in [0.29, 0.717) is 0 Å². The molecule has 4 heteroatoms. The predicted molar refractivity (Wildman–Crippen MR) is 72.2 cm³/mol. The largest absolute Gasteiger partial charge is 0.356 e. The van der Waals surface area contributed by atoms with Crippen molar-refractivity contribution in [3.63, 3.8) is 0 Å². The van der Waals surface area contributed by atoms with E-state index in [1.807, 2.05) is 12.1 Å². The molecule has 0 aromatic carbocycles. The lowest BCUT2D eigenvalue weighted by Crippen LogP contribution is -2.35. The monoisotopic (exact) mass is 236 g/mol. The van der Waals surface area contributed by atoms with Gasteiger partial charge >= 0.3 is 0 Å². The van der Waals surface area contributed by atoms with Gasteiger partial charge in [-0.25, -0.2) is 0 Å². The summed E-state index contributed by atoms with van der Waals surface area (Å²) in [6.45, 7) is 13.4. The van der Waals surface area contributed by atoms with Crippen molar-refractivity contribution in [3.8, 4) is 0 Å². The summed E-state index contributed by atoms with van der Waals surface area (Å²) in [5, 5.41) is 11.9. The van der Waals surface area contributed by atoms with E-state index in [1.54, 1.807) is 0 Å². The van der Waals surface area contributed by atoms with Crippen LogP contribution in [0.25, 0.3) is 0 Å². The molecule has 0 fully saturated rings. The number of hydrogen-bond acceptors (Lipinski definition) is 4. The van der Waals surface area contributed by atoms with E-state index in [-0.39, 0.29) is 5.54 Å². The summed E-state index contributed by atoms with van der Waals surface area (Å²) in [6.07, 6.45) is 0. The Morgan fingerprint density at radius 1 is 1.12 bits per heavy atom. The minimum Gasteiger partial charge on any atom is -0.356 e. The second-order valence-corrected chi connectivity index (χ2v) is 5.16. The van der Waals surface area contributed by atoms with Gasteiger partial charge in [-0.3, -0.25) is 0 Å². The van der Waals surface area contributed by atoms with E-state index in [2.05, 4.69) is 55.0 Å². The van der Waals surface area contributed by atoms with Gasteiger partial charge in [0.1, 0.15) is 0 Å². The van der Waals surface area contributed by atoms with Crippen molar-refractivity contribution in [2.24, 2.45) is 0 Å². The molecule has 1 aromatic rings. The van der Waals surface area contributed by atoms with Gasteiger partial charge in [0.2, 0.25) is 0 Å². The lowest BCUT2D eigenvalue weighted by Gasteiger charge is -2.21. The Hall–Kier alpha value is -1.16. The van der Waals surface area contributed by atoms with Crippen LogP contribution in [0.1, 0.15) is 40.3 Å². The summed E-state index contributed by atoms with van der Waals surface area (Å²) < 4.78 is 0. The van der Waals surface area contributed by atoms with Gasteiger partial charge in [0.05, 0.1) is 5.69 Å². The van der Waals surface area contributed by atoms with Crippen molar-refractivity contribution in [2.75, 3.05) is 18.0 Å². The first-order valence-electron chi connectivity index (χ1n) is 6.29. The van der Waals surface area contributed by atoms with Gasteiger partial charge in [0, 0.05) is 25.2 Å². The summed E-state index contributed by atoms with van der Waals surface area (Å²) >= 11 is 0. The molecule has 0 bridgehead atoms. The number of hydrogen-bond donors (Lipinski definition) is 1. The van der Waals surface area contributed by atoms with Crippen LogP contribution in [0.15, 0.2) is 12.1 Å².